The molecule has 0 aromatic heterocycles. The SMILES string of the molecule is CC(C)N(CC1CCCN(C(=O)c2cccc(NS(C)(=O)=O)c2)C1)C(=O)OC(C)(C)C. The molecule has 1 fully saturated rings. The van der Waals surface area contributed by atoms with E-state index in [1.807, 2.05) is 34.6 Å². The highest BCUT2D eigenvalue weighted by atomic mass is 32.2. The summed E-state index contributed by atoms with van der Waals surface area (Å²) in [5.41, 5.74) is 0.226. The predicted molar refractivity (Wildman–Crippen MR) is 122 cm³/mol. The molecule has 0 spiro atoms. The highest BCUT2D eigenvalue weighted by Crippen LogP contribution is 2.23. The number of anilines is 1. The summed E-state index contributed by atoms with van der Waals surface area (Å²) >= 11 is 0. The van der Waals surface area contributed by atoms with E-state index in [9.17, 15) is 18.0 Å². The standard InChI is InChI=1S/C22H35N3O5S/c1-16(2)25(21(27)30-22(3,4)5)15-17-9-8-12-24(14-17)20(26)18-10-7-11-19(13-18)23-31(6,28)29/h7,10-11,13,16-17,23H,8-9,12,14-15H2,1-6H3. The minimum absolute atomic E-state index is 0.0142. The van der Waals surface area contributed by atoms with Gasteiger partial charge in [-0.15, -0.1) is 0 Å². The van der Waals surface area contributed by atoms with Crippen LogP contribution in [0.2, 0.25) is 0 Å². The summed E-state index contributed by atoms with van der Waals surface area (Å²) in [5, 5.41) is 0. The Morgan fingerprint density at radius 1 is 1.29 bits per heavy atom. The number of amides is 2. The first-order valence-corrected chi connectivity index (χ1v) is 12.5. The fourth-order valence-corrected chi connectivity index (χ4v) is 4.16. The van der Waals surface area contributed by atoms with Crippen LogP contribution in [0.3, 0.4) is 0 Å². The molecule has 1 N–H and O–H groups in total. The molecule has 1 aromatic rings. The fourth-order valence-electron chi connectivity index (χ4n) is 3.61. The van der Waals surface area contributed by atoms with Gasteiger partial charge in [-0.1, -0.05) is 6.07 Å². The Labute approximate surface area is 186 Å². The molecule has 1 atom stereocenters. The molecule has 2 amide bonds. The van der Waals surface area contributed by atoms with Crippen molar-refractivity contribution in [1.29, 1.82) is 0 Å². The lowest BCUT2D eigenvalue weighted by Gasteiger charge is -2.37. The van der Waals surface area contributed by atoms with E-state index in [2.05, 4.69) is 4.72 Å². The Bertz CT molecular complexity index is 893. The Balaban J connectivity index is 2.08. The molecule has 1 heterocycles. The maximum Gasteiger partial charge on any atom is 0.410 e. The number of likely N-dealkylation sites (tertiary alicyclic amines) is 1. The van der Waals surface area contributed by atoms with E-state index in [-0.39, 0.29) is 24.0 Å². The molecule has 1 aliphatic rings. The predicted octanol–water partition coefficient (Wildman–Crippen LogP) is 3.56. The highest BCUT2D eigenvalue weighted by molar-refractivity contribution is 7.92. The van der Waals surface area contributed by atoms with Gasteiger partial charge < -0.3 is 14.5 Å². The summed E-state index contributed by atoms with van der Waals surface area (Å²) < 4.78 is 30.9. The quantitative estimate of drug-likeness (QED) is 0.711. The van der Waals surface area contributed by atoms with E-state index in [4.69, 9.17) is 4.74 Å². The normalized spacial score (nSPS) is 17.4. The van der Waals surface area contributed by atoms with Crippen molar-refractivity contribution < 1.29 is 22.7 Å². The number of nitrogens with one attached hydrogen (secondary N) is 1. The molecular formula is C22H35N3O5S. The van der Waals surface area contributed by atoms with Crippen LogP contribution in [-0.4, -0.2) is 67.8 Å². The van der Waals surface area contributed by atoms with E-state index < -0.39 is 15.6 Å². The molecule has 0 radical (unpaired) electrons. The number of rotatable bonds is 6. The van der Waals surface area contributed by atoms with E-state index in [0.717, 1.165) is 19.1 Å². The van der Waals surface area contributed by atoms with Gasteiger partial charge in [0.05, 0.1) is 6.26 Å². The summed E-state index contributed by atoms with van der Waals surface area (Å²) in [6.45, 7) is 11.1. The van der Waals surface area contributed by atoms with E-state index in [1.54, 1.807) is 34.1 Å². The summed E-state index contributed by atoms with van der Waals surface area (Å²) in [4.78, 5) is 29.2. The zero-order valence-electron chi connectivity index (χ0n) is 19.3. The Hall–Kier alpha value is -2.29. The molecule has 1 unspecified atom stereocenters. The molecule has 1 aliphatic heterocycles. The van der Waals surface area contributed by atoms with Crippen molar-refractivity contribution in [3.05, 3.63) is 29.8 Å². The number of benzene rings is 1. The first kappa shape index (κ1) is 25.0. The largest absolute Gasteiger partial charge is 0.444 e. The van der Waals surface area contributed by atoms with Gasteiger partial charge in [0, 0.05) is 36.9 Å². The zero-order valence-corrected chi connectivity index (χ0v) is 20.2. The van der Waals surface area contributed by atoms with Crippen LogP contribution in [0, 0.1) is 5.92 Å². The van der Waals surface area contributed by atoms with Crippen LogP contribution in [0.15, 0.2) is 24.3 Å². The van der Waals surface area contributed by atoms with Gasteiger partial charge in [-0.3, -0.25) is 9.52 Å². The van der Waals surface area contributed by atoms with Crippen molar-refractivity contribution in [2.24, 2.45) is 5.92 Å². The second-order valence-electron chi connectivity index (χ2n) is 9.44. The Morgan fingerprint density at radius 2 is 1.97 bits per heavy atom. The molecule has 174 valence electrons. The number of ether oxygens (including phenoxy) is 1. The van der Waals surface area contributed by atoms with Crippen molar-refractivity contribution in [3.63, 3.8) is 0 Å². The summed E-state index contributed by atoms with van der Waals surface area (Å²) in [6.07, 6.45) is 2.50. The molecule has 31 heavy (non-hydrogen) atoms. The number of nitrogens with zero attached hydrogens (tertiary/aromatic N) is 2. The van der Waals surface area contributed by atoms with Crippen LogP contribution in [0.4, 0.5) is 10.5 Å². The summed E-state index contributed by atoms with van der Waals surface area (Å²) in [7, 11) is -3.42. The number of hydrogen-bond acceptors (Lipinski definition) is 5. The lowest BCUT2D eigenvalue weighted by atomic mass is 9.96. The third-order valence-electron chi connectivity index (χ3n) is 4.93. The fraction of sp³-hybridized carbons (Fsp3) is 0.636. The molecule has 2 rings (SSSR count). The van der Waals surface area contributed by atoms with Crippen LogP contribution in [0.5, 0.6) is 0 Å². The topological polar surface area (TPSA) is 96.0 Å². The lowest BCUT2D eigenvalue weighted by molar-refractivity contribution is 0.0124. The van der Waals surface area contributed by atoms with E-state index >= 15 is 0 Å². The average Bonchev–Trinajstić information content (AvgIpc) is 2.63. The number of hydrogen-bond donors (Lipinski definition) is 1. The van der Waals surface area contributed by atoms with Gasteiger partial charge in [-0.2, -0.15) is 0 Å². The zero-order chi connectivity index (χ0) is 23.4. The minimum atomic E-state index is -3.42. The van der Waals surface area contributed by atoms with Gasteiger partial charge >= 0.3 is 6.09 Å². The third-order valence-corrected chi connectivity index (χ3v) is 5.53. The van der Waals surface area contributed by atoms with Crippen molar-refractivity contribution in [2.75, 3.05) is 30.6 Å². The second kappa shape index (κ2) is 9.89. The molecule has 0 aliphatic carbocycles. The monoisotopic (exact) mass is 453 g/mol. The van der Waals surface area contributed by atoms with Gasteiger partial charge in [0.2, 0.25) is 10.0 Å². The Kier molecular flexibility index (Phi) is 7.97. The first-order valence-electron chi connectivity index (χ1n) is 10.6. The minimum Gasteiger partial charge on any atom is -0.444 e. The van der Waals surface area contributed by atoms with E-state index in [0.29, 0.717) is 30.9 Å². The number of carbonyl (C=O) groups excluding carboxylic acids is 2. The van der Waals surface area contributed by atoms with Crippen LogP contribution < -0.4 is 4.72 Å². The second-order valence-corrected chi connectivity index (χ2v) is 11.2. The lowest BCUT2D eigenvalue weighted by Crippen LogP contribution is -2.48. The number of piperidine rings is 1. The van der Waals surface area contributed by atoms with Gasteiger partial charge in [-0.05, 0) is 71.6 Å². The van der Waals surface area contributed by atoms with Crippen LogP contribution >= 0.6 is 0 Å². The number of carbonyl (C=O) groups is 2. The summed E-state index contributed by atoms with van der Waals surface area (Å²) in [5.74, 6) is 0.000150. The highest BCUT2D eigenvalue weighted by Gasteiger charge is 2.30. The number of sulfonamides is 1. The third kappa shape index (κ3) is 8.05. The molecule has 9 heteroatoms. The maximum absolute atomic E-state index is 13.0. The van der Waals surface area contributed by atoms with Crippen molar-refractivity contribution in [3.8, 4) is 0 Å². The van der Waals surface area contributed by atoms with Gasteiger partial charge in [-0.25, -0.2) is 13.2 Å². The molecule has 1 aromatic carbocycles. The average molecular weight is 454 g/mol. The van der Waals surface area contributed by atoms with Crippen LogP contribution in [0.1, 0.15) is 57.8 Å². The molecule has 0 saturated carbocycles. The van der Waals surface area contributed by atoms with Crippen molar-refractivity contribution >= 4 is 27.7 Å². The molecular weight excluding hydrogens is 418 g/mol. The maximum atomic E-state index is 13.0. The molecule has 1 saturated heterocycles. The van der Waals surface area contributed by atoms with Crippen molar-refractivity contribution in [2.45, 2.75) is 59.1 Å². The smallest absolute Gasteiger partial charge is 0.410 e. The molecule has 8 nitrogen and oxygen atoms in total. The van der Waals surface area contributed by atoms with Crippen LogP contribution in [-0.2, 0) is 14.8 Å². The Morgan fingerprint density at radius 3 is 2.55 bits per heavy atom. The van der Waals surface area contributed by atoms with Gasteiger partial charge in [0.1, 0.15) is 5.60 Å². The van der Waals surface area contributed by atoms with Crippen molar-refractivity contribution in [1.82, 2.24) is 9.80 Å². The van der Waals surface area contributed by atoms with E-state index in [1.165, 1.54) is 0 Å². The first-order chi connectivity index (χ1) is 14.2. The summed E-state index contributed by atoms with van der Waals surface area (Å²) in [6, 6.07) is 6.48. The van der Waals surface area contributed by atoms with Gasteiger partial charge in [0.25, 0.3) is 5.91 Å². The van der Waals surface area contributed by atoms with Crippen LogP contribution in [0.25, 0.3) is 0 Å². The van der Waals surface area contributed by atoms with Gasteiger partial charge in [0.15, 0.2) is 0 Å². The molecule has 0 bridgehead atoms.